The second-order valence-electron chi connectivity index (χ2n) is 4.86. The van der Waals surface area contributed by atoms with Crippen LogP contribution in [0.2, 0.25) is 0 Å². The Morgan fingerprint density at radius 2 is 1.81 bits per heavy atom. The molecule has 0 aliphatic rings. The van der Waals surface area contributed by atoms with Gasteiger partial charge in [-0.15, -0.1) is 0 Å². The zero-order valence-corrected chi connectivity index (χ0v) is 11.1. The molecular weight excluding hydrogens is 208 g/mol. The molecule has 0 unspecified atom stereocenters. The molecule has 0 bridgehead atoms. The van der Waals surface area contributed by atoms with Gasteiger partial charge in [0.05, 0.1) is 0 Å². The number of ether oxygens (including phenoxy) is 1. The fraction of sp³-hybridized carbons (Fsp3) is 0.917. The summed E-state index contributed by atoms with van der Waals surface area (Å²) in [5.74, 6) is 0.125. The standard InChI is InChI=1S/C6H12O2.C6H14O2/c1-5(7)8-6(2,3)4;1-6(5-8)3-2-4-7/h1-4H3;6-8H,2-5H2,1H3/t;6-/m.0/s1. The number of aliphatic hydroxyl groups excluding tert-OH is 2. The first kappa shape index (κ1) is 17.8. The van der Waals surface area contributed by atoms with Crippen LogP contribution in [0.1, 0.15) is 47.5 Å². The topological polar surface area (TPSA) is 66.8 Å². The summed E-state index contributed by atoms with van der Waals surface area (Å²) in [5.41, 5.74) is -0.328. The van der Waals surface area contributed by atoms with E-state index in [9.17, 15) is 4.79 Å². The van der Waals surface area contributed by atoms with Crippen LogP contribution in [0.5, 0.6) is 0 Å². The van der Waals surface area contributed by atoms with Crippen LogP contribution in [-0.4, -0.2) is 35.0 Å². The number of hydrogen-bond acceptors (Lipinski definition) is 4. The second-order valence-corrected chi connectivity index (χ2v) is 4.86. The van der Waals surface area contributed by atoms with Crippen LogP contribution >= 0.6 is 0 Å². The third kappa shape index (κ3) is 19.0. The lowest BCUT2D eigenvalue weighted by atomic mass is 10.1. The molecule has 0 heterocycles. The molecule has 0 aliphatic carbocycles. The zero-order chi connectivity index (χ0) is 13.2. The van der Waals surface area contributed by atoms with Crippen molar-refractivity contribution in [3.05, 3.63) is 0 Å². The van der Waals surface area contributed by atoms with E-state index in [4.69, 9.17) is 14.9 Å². The molecule has 16 heavy (non-hydrogen) atoms. The van der Waals surface area contributed by atoms with E-state index in [1.165, 1.54) is 6.92 Å². The third-order valence-electron chi connectivity index (χ3n) is 1.62. The summed E-state index contributed by atoms with van der Waals surface area (Å²) in [5, 5.41) is 16.8. The number of rotatable bonds is 4. The highest BCUT2D eigenvalue weighted by Gasteiger charge is 2.11. The summed E-state index contributed by atoms with van der Waals surface area (Å²) in [6.07, 6.45) is 1.73. The van der Waals surface area contributed by atoms with Crippen molar-refractivity contribution in [3.63, 3.8) is 0 Å². The minimum Gasteiger partial charge on any atom is -0.460 e. The van der Waals surface area contributed by atoms with E-state index in [0.717, 1.165) is 12.8 Å². The SMILES string of the molecule is CC(=O)OC(C)(C)C.C[C@H](CO)CCCO. The molecule has 4 nitrogen and oxygen atoms in total. The van der Waals surface area contributed by atoms with Gasteiger partial charge in [0.2, 0.25) is 0 Å². The first-order chi connectivity index (χ1) is 7.22. The maximum absolute atomic E-state index is 10.2. The molecule has 0 rings (SSSR count). The average molecular weight is 234 g/mol. The van der Waals surface area contributed by atoms with Crippen molar-refractivity contribution in [1.82, 2.24) is 0 Å². The van der Waals surface area contributed by atoms with E-state index < -0.39 is 0 Å². The smallest absolute Gasteiger partial charge is 0.303 e. The Morgan fingerprint density at radius 3 is 2.00 bits per heavy atom. The summed E-state index contributed by atoms with van der Waals surface area (Å²) in [4.78, 5) is 10.2. The summed E-state index contributed by atoms with van der Waals surface area (Å²) in [7, 11) is 0. The minimum absolute atomic E-state index is 0.225. The molecule has 4 heteroatoms. The van der Waals surface area contributed by atoms with Crippen molar-refractivity contribution in [2.45, 2.75) is 53.1 Å². The summed E-state index contributed by atoms with van der Waals surface area (Å²) in [6, 6.07) is 0. The first-order valence-electron chi connectivity index (χ1n) is 5.64. The summed E-state index contributed by atoms with van der Waals surface area (Å²) in [6.45, 7) is 9.38. The molecule has 0 saturated heterocycles. The quantitative estimate of drug-likeness (QED) is 0.727. The average Bonchev–Trinajstić information content (AvgIpc) is 2.11. The number of carbonyl (C=O) groups is 1. The normalized spacial score (nSPS) is 12.4. The molecular formula is C12H26O4. The van der Waals surface area contributed by atoms with Crippen molar-refractivity contribution >= 4 is 5.97 Å². The van der Waals surface area contributed by atoms with Gasteiger partial charge >= 0.3 is 5.97 Å². The van der Waals surface area contributed by atoms with Crippen molar-refractivity contribution in [3.8, 4) is 0 Å². The highest BCUT2D eigenvalue weighted by Crippen LogP contribution is 2.05. The largest absolute Gasteiger partial charge is 0.460 e. The molecule has 0 aromatic rings. The predicted octanol–water partition coefficient (Wildman–Crippen LogP) is 1.74. The Morgan fingerprint density at radius 1 is 1.31 bits per heavy atom. The van der Waals surface area contributed by atoms with E-state index in [2.05, 4.69) is 0 Å². The van der Waals surface area contributed by atoms with E-state index in [0.29, 0.717) is 5.92 Å². The maximum atomic E-state index is 10.2. The van der Waals surface area contributed by atoms with Gasteiger partial charge < -0.3 is 14.9 Å². The van der Waals surface area contributed by atoms with Gasteiger partial charge in [0, 0.05) is 20.1 Å². The second kappa shape index (κ2) is 9.60. The Balaban J connectivity index is 0. The highest BCUT2D eigenvalue weighted by atomic mass is 16.6. The molecule has 0 spiro atoms. The molecule has 0 aromatic carbocycles. The van der Waals surface area contributed by atoms with E-state index in [1.807, 2.05) is 27.7 Å². The Hall–Kier alpha value is -0.610. The van der Waals surface area contributed by atoms with Crippen molar-refractivity contribution in [2.75, 3.05) is 13.2 Å². The van der Waals surface area contributed by atoms with Crippen molar-refractivity contribution < 1.29 is 19.7 Å². The fourth-order valence-electron chi connectivity index (χ4n) is 0.962. The zero-order valence-electron chi connectivity index (χ0n) is 11.1. The molecule has 0 aromatic heterocycles. The van der Waals surface area contributed by atoms with Gasteiger partial charge in [-0.05, 0) is 39.5 Å². The molecule has 0 amide bonds. The molecule has 0 radical (unpaired) electrons. The van der Waals surface area contributed by atoms with E-state index >= 15 is 0 Å². The Bertz CT molecular complexity index is 172. The predicted molar refractivity (Wildman–Crippen MR) is 64.1 cm³/mol. The summed E-state index contributed by atoms with van der Waals surface area (Å²) >= 11 is 0. The van der Waals surface area contributed by atoms with Crippen LogP contribution < -0.4 is 0 Å². The van der Waals surface area contributed by atoms with E-state index in [1.54, 1.807) is 0 Å². The van der Waals surface area contributed by atoms with Gasteiger partial charge in [-0.1, -0.05) is 6.92 Å². The van der Waals surface area contributed by atoms with Crippen LogP contribution in [0.3, 0.4) is 0 Å². The van der Waals surface area contributed by atoms with Crippen LogP contribution in [0.15, 0.2) is 0 Å². The Labute approximate surface area is 98.6 Å². The molecule has 1 atom stereocenters. The lowest BCUT2D eigenvalue weighted by molar-refractivity contribution is -0.151. The van der Waals surface area contributed by atoms with Crippen molar-refractivity contribution in [1.29, 1.82) is 0 Å². The minimum atomic E-state index is -0.328. The number of esters is 1. The maximum Gasteiger partial charge on any atom is 0.303 e. The van der Waals surface area contributed by atoms with Gasteiger partial charge in [0.15, 0.2) is 0 Å². The lowest BCUT2D eigenvalue weighted by Gasteiger charge is -2.17. The van der Waals surface area contributed by atoms with Gasteiger partial charge in [-0.25, -0.2) is 0 Å². The van der Waals surface area contributed by atoms with Gasteiger partial charge in [-0.3, -0.25) is 4.79 Å². The van der Waals surface area contributed by atoms with Crippen LogP contribution in [-0.2, 0) is 9.53 Å². The first-order valence-corrected chi connectivity index (χ1v) is 5.64. The van der Waals surface area contributed by atoms with Gasteiger partial charge in [0.1, 0.15) is 5.60 Å². The molecule has 2 N–H and O–H groups in total. The molecule has 98 valence electrons. The van der Waals surface area contributed by atoms with Gasteiger partial charge in [-0.2, -0.15) is 0 Å². The highest BCUT2D eigenvalue weighted by molar-refractivity contribution is 5.66. The van der Waals surface area contributed by atoms with Crippen molar-refractivity contribution in [2.24, 2.45) is 5.92 Å². The Kier molecular flexibility index (Phi) is 10.7. The lowest BCUT2D eigenvalue weighted by Crippen LogP contribution is -2.21. The molecule has 0 saturated carbocycles. The van der Waals surface area contributed by atoms with Crippen LogP contribution in [0, 0.1) is 5.92 Å². The molecule has 0 aliphatic heterocycles. The number of hydrogen-bond donors (Lipinski definition) is 2. The van der Waals surface area contributed by atoms with E-state index in [-0.39, 0.29) is 24.8 Å². The third-order valence-corrected chi connectivity index (χ3v) is 1.62. The van der Waals surface area contributed by atoms with Crippen LogP contribution in [0.4, 0.5) is 0 Å². The summed E-state index contributed by atoms with van der Waals surface area (Å²) < 4.78 is 4.80. The number of aliphatic hydroxyl groups is 2. The van der Waals surface area contributed by atoms with Gasteiger partial charge in [0.25, 0.3) is 0 Å². The fourth-order valence-corrected chi connectivity index (χ4v) is 0.962. The van der Waals surface area contributed by atoms with Crippen LogP contribution in [0.25, 0.3) is 0 Å². The monoisotopic (exact) mass is 234 g/mol. The molecule has 0 fully saturated rings. The number of carbonyl (C=O) groups excluding carboxylic acids is 1.